The minimum Gasteiger partial charge on any atom is -0.340 e. The molecular weight excluding hydrogens is 290 g/mol. The number of fused-ring (bicyclic) bond motifs is 1. The summed E-state index contributed by atoms with van der Waals surface area (Å²) < 4.78 is 0. The van der Waals surface area contributed by atoms with Crippen LogP contribution in [0, 0.1) is 5.92 Å². The van der Waals surface area contributed by atoms with Gasteiger partial charge in [0.2, 0.25) is 5.91 Å². The standard InChI is InChI=1S/C18H23N3O2/c1-13(2)18(23)21-9-7-20(8-10-21)12-15-11-14-5-3-4-6-16(14)19-17(15)22/h3-6,11,13H,7-10,12H2,1-2H3,(H,19,22). The van der Waals surface area contributed by atoms with Gasteiger partial charge in [-0.15, -0.1) is 0 Å². The largest absolute Gasteiger partial charge is 0.340 e. The number of benzene rings is 1. The molecule has 1 aromatic carbocycles. The predicted octanol–water partition coefficient (Wildman–Crippen LogP) is 1.83. The molecule has 0 saturated carbocycles. The number of pyridine rings is 1. The van der Waals surface area contributed by atoms with Crippen molar-refractivity contribution in [2.75, 3.05) is 26.2 Å². The van der Waals surface area contributed by atoms with E-state index in [0.29, 0.717) is 6.54 Å². The third-order valence-electron chi connectivity index (χ3n) is 4.40. The Balaban J connectivity index is 1.68. The first kappa shape index (κ1) is 15.7. The molecule has 1 saturated heterocycles. The van der Waals surface area contributed by atoms with Crippen molar-refractivity contribution in [2.45, 2.75) is 20.4 Å². The van der Waals surface area contributed by atoms with E-state index in [1.807, 2.05) is 49.1 Å². The lowest BCUT2D eigenvalue weighted by Crippen LogP contribution is -2.49. The van der Waals surface area contributed by atoms with Crippen LogP contribution in [0.2, 0.25) is 0 Å². The number of para-hydroxylation sites is 1. The van der Waals surface area contributed by atoms with Gasteiger partial charge in [-0.25, -0.2) is 0 Å². The molecular formula is C18H23N3O2. The Morgan fingerprint density at radius 2 is 1.87 bits per heavy atom. The first-order valence-corrected chi connectivity index (χ1v) is 8.16. The number of carbonyl (C=O) groups is 1. The molecule has 5 nitrogen and oxygen atoms in total. The van der Waals surface area contributed by atoms with Crippen molar-refractivity contribution in [3.8, 4) is 0 Å². The van der Waals surface area contributed by atoms with Crippen molar-refractivity contribution >= 4 is 16.8 Å². The molecule has 1 amide bonds. The monoisotopic (exact) mass is 313 g/mol. The summed E-state index contributed by atoms with van der Waals surface area (Å²) in [6, 6.07) is 9.79. The molecule has 1 aromatic heterocycles. The molecule has 0 unspecified atom stereocenters. The molecule has 23 heavy (non-hydrogen) atoms. The van der Waals surface area contributed by atoms with E-state index in [4.69, 9.17) is 0 Å². The maximum absolute atomic E-state index is 12.2. The summed E-state index contributed by atoms with van der Waals surface area (Å²) in [6.45, 7) is 7.59. The van der Waals surface area contributed by atoms with Crippen LogP contribution >= 0.6 is 0 Å². The van der Waals surface area contributed by atoms with E-state index in [1.54, 1.807) is 0 Å². The van der Waals surface area contributed by atoms with Gasteiger partial charge >= 0.3 is 0 Å². The van der Waals surface area contributed by atoms with Gasteiger partial charge in [0.05, 0.1) is 0 Å². The summed E-state index contributed by atoms with van der Waals surface area (Å²) in [5.41, 5.74) is 1.63. The number of amides is 1. The second kappa shape index (κ2) is 6.54. The Kier molecular flexibility index (Phi) is 4.48. The lowest BCUT2D eigenvalue weighted by molar-refractivity contribution is -0.136. The highest BCUT2D eigenvalue weighted by molar-refractivity contribution is 5.79. The average Bonchev–Trinajstić information content (AvgIpc) is 2.55. The van der Waals surface area contributed by atoms with Gasteiger partial charge in [-0.3, -0.25) is 14.5 Å². The quantitative estimate of drug-likeness (QED) is 0.940. The van der Waals surface area contributed by atoms with Gasteiger partial charge in [0.25, 0.3) is 5.56 Å². The molecule has 2 heterocycles. The number of aromatic amines is 1. The smallest absolute Gasteiger partial charge is 0.252 e. The topological polar surface area (TPSA) is 56.4 Å². The number of nitrogens with one attached hydrogen (secondary N) is 1. The zero-order valence-corrected chi connectivity index (χ0v) is 13.7. The number of carbonyl (C=O) groups excluding carboxylic acids is 1. The van der Waals surface area contributed by atoms with E-state index >= 15 is 0 Å². The molecule has 0 aliphatic carbocycles. The van der Waals surface area contributed by atoms with E-state index in [-0.39, 0.29) is 17.4 Å². The maximum Gasteiger partial charge on any atom is 0.252 e. The summed E-state index contributed by atoms with van der Waals surface area (Å²) in [6.07, 6.45) is 0. The van der Waals surface area contributed by atoms with Crippen molar-refractivity contribution < 1.29 is 4.79 Å². The van der Waals surface area contributed by atoms with E-state index < -0.39 is 0 Å². The Bertz CT molecular complexity index is 758. The summed E-state index contributed by atoms with van der Waals surface area (Å²) in [4.78, 5) is 31.3. The highest BCUT2D eigenvalue weighted by Gasteiger charge is 2.23. The van der Waals surface area contributed by atoms with Gasteiger partial charge in [0, 0.05) is 49.7 Å². The van der Waals surface area contributed by atoms with Crippen LogP contribution in [0.15, 0.2) is 35.1 Å². The van der Waals surface area contributed by atoms with Crippen LogP contribution in [0.4, 0.5) is 0 Å². The molecule has 2 aromatic rings. The third-order valence-corrected chi connectivity index (χ3v) is 4.40. The molecule has 3 rings (SSSR count). The van der Waals surface area contributed by atoms with Crippen LogP contribution in [0.25, 0.3) is 10.9 Å². The number of aromatic nitrogens is 1. The fourth-order valence-corrected chi connectivity index (χ4v) is 3.04. The fourth-order valence-electron chi connectivity index (χ4n) is 3.04. The highest BCUT2D eigenvalue weighted by atomic mass is 16.2. The molecule has 0 spiro atoms. The van der Waals surface area contributed by atoms with Crippen LogP contribution in [-0.4, -0.2) is 46.9 Å². The first-order chi connectivity index (χ1) is 11.0. The van der Waals surface area contributed by atoms with Gasteiger partial charge in [-0.2, -0.15) is 0 Å². The van der Waals surface area contributed by atoms with Gasteiger partial charge in [0.1, 0.15) is 0 Å². The summed E-state index contributed by atoms with van der Waals surface area (Å²) in [5, 5.41) is 1.05. The lowest BCUT2D eigenvalue weighted by Gasteiger charge is -2.35. The zero-order chi connectivity index (χ0) is 16.4. The molecule has 1 aliphatic heterocycles. The third kappa shape index (κ3) is 3.45. The number of nitrogens with zero attached hydrogens (tertiary/aromatic N) is 2. The van der Waals surface area contributed by atoms with Crippen LogP contribution in [0.3, 0.4) is 0 Å². The number of rotatable bonds is 3. The Labute approximate surface area is 135 Å². The van der Waals surface area contributed by atoms with Crippen molar-refractivity contribution in [3.05, 3.63) is 46.2 Å². The Morgan fingerprint density at radius 3 is 2.57 bits per heavy atom. The molecule has 0 atom stereocenters. The lowest BCUT2D eigenvalue weighted by atomic mass is 10.1. The van der Waals surface area contributed by atoms with Crippen molar-refractivity contribution in [1.29, 1.82) is 0 Å². The molecule has 1 aliphatic rings. The number of hydrogen-bond acceptors (Lipinski definition) is 3. The van der Waals surface area contributed by atoms with Crippen molar-refractivity contribution in [3.63, 3.8) is 0 Å². The summed E-state index contributed by atoms with van der Waals surface area (Å²) in [5.74, 6) is 0.262. The van der Waals surface area contributed by atoms with E-state index in [9.17, 15) is 9.59 Å². The normalized spacial score (nSPS) is 16.2. The number of piperazine rings is 1. The van der Waals surface area contributed by atoms with Gasteiger partial charge in [-0.1, -0.05) is 32.0 Å². The van der Waals surface area contributed by atoms with Crippen molar-refractivity contribution in [2.24, 2.45) is 5.92 Å². The summed E-state index contributed by atoms with van der Waals surface area (Å²) >= 11 is 0. The predicted molar refractivity (Wildman–Crippen MR) is 91.3 cm³/mol. The van der Waals surface area contributed by atoms with Crippen LogP contribution in [0.5, 0.6) is 0 Å². The Hall–Kier alpha value is -2.14. The minimum atomic E-state index is -0.0237. The maximum atomic E-state index is 12.2. The number of hydrogen-bond donors (Lipinski definition) is 1. The second-order valence-corrected chi connectivity index (χ2v) is 6.47. The fraction of sp³-hybridized carbons (Fsp3) is 0.444. The second-order valence-electron chi connectivity index (χ2n) is 6.47. The SMILES string of the molecule is CC(C)C(=O)N1CCN(Cc2cc3ccccc3[nH]c2=O)CC1. The molecule has 0 radical (unpaired) electrons. The molecule has 1 fully saturated rings. The van der Waals surface area contributed by atoms with E-state index in [0.717, 1.165) is 42.6 Å². The van der Waals surface area contributed by atoms with Gasteiger partial charge < -0.3 is 9.88 Å². The molecule has 1 N–H and O–H groups in total. The minimum absolute atomic E-state index is 0.0237. The van der Waals surface area contributed by atoms with E-state index in [1.165, 1.54) is 0 Å². The van der Waals surface area contributed by atoms with Crippen molar-refractivity contribution in [1.82, 2.24) is 14.8 Å². The summed E-state index contributed by atoms with van der Waals surface area (Å²) in [7, 11) is 0. The van der Waals surface area contributed by atoms with Gasteiger partial charge in [0.15, 0.2) is 0 Å². The molecule has 5 heteroatoms. The van der Waals surface area contributed by atoms with Crippen LogP contribution in [-0.2, 0) is 11.3 Å². The van der Waals surface area contributed by atoms with E-state index in [2.05, 4.69) is 9.88 Å². The number of H-pyrrole nitrogens is 1. The first-order valence-electron chi connectivity index (χ1n) is 8.16. The van der Waals surface area contributed by atoms with Crippen LogP contribution < -0.4 is 5.56 Å². The Morgan fingerprint density at radius 1 is 1.17 bits per heavy atom. The van der Waals surface area contributed by atoms with Crippen LogP contribution in [0.1, 0.15) is 19.4 Å². The average molecular weight is 313 g/mol. The molecule has 0 bridgehead atoms. The zero-order valence-electron chi connectivity index (χ0n) is 13.7. The van der Waals surface area contributed by atoms with Gasteiger partial charge in [-0.05, 0) is 17.5 Å². The highest BCUT2D eigenvalue weighted by Crippen LogP contribution is 2.13. The molecule has 122 valence electrons.